The smallest absolute Gasteiger partial charge is 0.197 e. The Kier molecular flexibility index (Phi) is 0.790. The first-order chi connectivity index (χ1) is 4.36. The van der Waals surface area contributed by atoms with Gasteiger partial charge in [0.2, 0.25) is 0 Å². The van der Waals surface area contributed by atoms with Crippen LogP contribution in [0.25, 0.3) is 0 Å². The lowest BCUT2D eigenvalue weighted by atomic mass is 10.6. The van der Waals surface area contributed by atoms with Crippen LogP contribution >= 0.6 is 0 Å². The van der Waals surface area contributed by atoms with Crippen molar-refractivity contribution in [3.8, 4) is 0 Å². The number of epoxide rings is 1. The number of aliphatic imine (C=N–C) groups is 1. The van der Waals surface area contributed by atoms with Crippen LogP contribution in [0.15, 0.2) is 17.3 Å². The van der Waals surface area contributed by atoms with Gasteiger partial charge in [-0.05, 0) is 6.08 Å². The lowest BCUT2D eigenvalue weighted by Gasteiger charge is -1.86. The second-order valence-corrected chi connectivity index (χ2v) is 2.00. The molecule has 3 N–H and O–H groups in total. The number of ether oxygens (including phenoxy) is 1. The number of hydrogen-bond donors (Lipinski definition) is 2. The van der Waals surface area contributed by atoms with E-state index in [9.17, 15) is 0 Å². The molecule has 0 spiro atoms. The van der Waals surface area contributed by atoms with Gasteiger partial charge < -0.3 is 15.8 Å². The van der Waals surface area contributed by atoms with E-state index in [1.807, 2.05) is 0 Å². The molecule has 2 heterocycles. The quantitative estimate of drug-likeness (QED) is 0.414. The third-order valence-corrected chi connectivity index (χ3v) is 1.26. The molecule has 0 bridgehead atoms. The molecule has 2 atom stereocenters. The summed E-state index contributed by atoms with van der Waals surface area (Å²) in [5, 5.41) is 2.95. The fraction of sp³-hybridized carbons (Fsp3) is 0.400. The minimum atomic E-state index is -0.0417. The van der Waals surface area contributed by atoms with Crippen molar-refractivity contribution in [2.24, 2.45) is 10.7 Å². The van der Waals surface area contributed by atoms with Crippen molar-refractivity contribution in [2.75, 3.05) is 0 Å². The Labute approximate surface area is 52.4 Å². The van der Waals surface area contributed by atoms with Crippen LogP contribution in [0.4, 0.5) is 0 Å². The number of nitrogens with zero attached hydrogens (tertiary/aromatic N) is 1. The van der Waals surface area contributed by atoms with Crippen LogP contribution in [-0.4, -0.2) is 18.3 Å². The van der Waals surface area contributed by atoms with Crippen LogP contribution in [0.1, 0.15) is 0 Å². The van der Waals surface area contributed by atoms with Crippen LogP contribution in [0.2, 0.25) is 0 Å². The van der Waals surface area contributed by atoms with E-state index in [1.54, 1.807) is 12.3 Å². The Bertz CT molecular complexity index is 187. The van der Waals surface area contributed by atoms with Crippen molar-refractivity contribution in [2.45, 2.75) is 12.5 Å². The first kappa shape index (κ1) is 4.81. The second kappa shape index (κ2) is 1.48. The van der Waals surface area contributed by atoms with E-state index in [4.69, 9.17) is 10.5 Å². The molecule has 4 heteroatoms. The molecule has 0 aliphatic carbocycles. The molecular weight excluding hydrogens is 118 g/mol. The molecule has 2 aliphatic heterocycles. The van der Waals surface area contributed by atoms with Gasteiger partial charge >= 0.3 is 0 Å². The highest BCUT2D eigenvalue weighted by Crippen LogP contribution is 2.21. The molecule has 2 aliphatic rings. The Hall–Kier alpha value is -1.03. The van der Waals surface area contributed by atoms with Crippen molar-refractivity contribution >= 4 is 5.84 Å². The number of amidine groups is 1. The van der Waals surface area contributed by atoms with Gasteiger partial charge in [0.1, 0.15) is 5.84 Å². The van der Waals surface area contributed by atoms with E-state index >= 15 is 0 Å². The highest BCUT2D eigenvalue weighted by molar-refractivity contribution is 5.91. The van der Waals surface area contributed by atoms with Gasteiger partial charge in [0.05, 0.1) is 0 Å². The molecule has 0 radical (unpaired) electrons. The molecule has 9 heavy (non-hydrogen) atoms. The van der Waals surface area contributed by atoms with Gasteiger partial charge in [0.25, 0.3) is 0 Å². The molecule has 0 aromatic heterocycles. The van der Waals surface area contributed by atoms with Crippen LogP contribution in [0.5, 0.6) is 0 Å². The average Bonchev–Trinajstić information content (AvgIpc) is 2.43. The number of rotatable bonds is 0. The Balaban J connectivity index is 2.19. The van der Waals surface area contributed by atoms with Gasteiger partial charge in [-0.1, -0.05) is 0 Å². The predicted octanol–water partition coefficient (Wildman–Crippen LogP) is -0.857. The third kappa shape index (κ3) is 0.768. The summed E-state index contributed by atoms with van der Waals surface area (Å²) >= 11 is 0. The zero-order valence-electron chi connectivity index (χ0n) is 4.74. The first-order valence-electron chi connectivity index (χ1n) is 2.77. The molecule has 2 unspecified atom stereocenters. The summed E-state index contributed by atoms with van der Waals surface area (Å²) in [7, 11) is 0. The van der Waals surface area contributed by atoms with Crippen molar-refractivity contribution in [3.05, 3.63) is 12.3 Å². The van der Waals surface area contributed by atoms with E-state index in [0.29, 0.717) is 5.84 Å². The normalized spacial score (nSPS) is 38.0. The van der Waals surface area contributed by atoms with E-state index < -0.39 is 0 Å². The minimum absolute atomic E-state index is 0.0417. The summed E-state index contributed by atoms with van der Waals surface area (Å²) in [6.07, 6.45) is 3.49. The van der Waals surface area contributed by atoms with Crippen molar-refractivity contribution in [1.82, 2.24) is 5.32 Å². The topological polar surface area (TPSA) is 62.9 Å². The van der Waals surface area contributed by atoms with Gasteiger partial charge in [-0.2, -0.15) is 0 Å². The van der Waals surface area contributed by atoms with Crippen LogP contribution < -0.4 is 11.1 Å². The summed E-state index contributed by atoms with van der Waals surface area (Å²) in [6, 6.07) is 0. The standard InChI is InChI=1S/C5H7N3O/c6-3-1-2-7-4-5(8-3)9-4/h1-2,4-5,7H,(H2,6,8). The zero-order valence-corrected chi connectivity index (χ0v) is 4.74. The van der Waals surface area contributed by atoms with E-state index in [-0.39, 0.29) is 12.5 Å². The van der Waals surface area contributed by atoms with Crippen LogP contribution in [-0.2, 0) is 4.74 Å². The fourth-order valence-electron chi connectivity index (χ4n) is 0.743. The molecule has 4 nitrogen and oxygen atoms in total. The monoisotopic (exact) mass is 125 g/mol. The minimum Gasteiger partial charge on any atom is -0.384 e. The Morgan fingerprint density at radius 1 is 1.78 bits per heavy atom. The Morgan fingerprint density at radius 3 is 3.56 bits per heavy atom. The molecule has 0 aromatic carbocycles. The van der Waals surface area contributed by atoms with E-state index in [2.05, 4.69) is 10.3 Å². The Morgan fingerprint density at radius 2 is 2.67 bits per heavy atom. The molecule has 48 valence electrons. The van der Waals surface area contributed by atoms with Gasteiger partial charge in [-0.15, -0.1) is 0 Å². The summed E-state index contributed by atoms with van der Waals surface area (Å²) < 4.78 is 5.00. The fourth-order valence-corrected chi connectivity index (χ4v) is 0.743. The van der Waals surface area contributed by atoms with Gasteiger partial charge in [0, 0.05) is 6.20 Å². The number of nitrogens with one attached hydrogen (secondary N) is 1. The molecular formula is C5H7N3O. The molecule has 1 saturated heterocycles. The highest BCUT2D eigenvalue weighted by Gasteiger charge is 2.38. The lowest BCUT2D eigenvalue weighted by molar-refractivity contribution is 0.361. The second-order valence-electron chi connectivity index (χ2n) is 2.00. The van der Waals surface area contributed by atoms with Crippen molar-refractivity contribution in [3.63, 3.8) is 0 Å². The SMILES string of the molecule is NC1=NC2OC2NC=C1. The molecule has 0 amide bonds. The van der Waals surface area contributed by atoms with Crippen LogP contribution in [0, 0.1) is 0 Å². The van der Waals surface area contributed by atoms with Gasteiger partial charge in [-0.3, -0.25) is 0 Å². The van der Waals surface area contributed by atoms with Gasteiger partial charge in [-0.25, -0.2) is 4.99 Å². The maximum atomic E-state index is 5.40. The number of fused-ring (bicyclic) bond motifs is 1. The third-order valence-electron chi connectivity index (χ3n) is 1.26. The molecule has 1 fully saturated rings. The largest absolute Gasteiger partial charge is 0.384 e. The van der Waals surface area contributed by atoms with Crippen LogP contribution in [0.3, 0.4) is 0 Å². The predicted molar refractivity (Wildman–Crippen MR) is 32.6 cm³/mol. The average molecular weight is 125 g/mol. The first-order valence-corrected chi connectivity index (χ1v) is 2.77. The van der Waals surface area contributed by atoms with Crippen molar-refractivity contribution in [1.29, 1.82) is 0 Å². The molecule has 2 rings (SSSR count). The zero-order chi connectivity index (χ0) is 6.27. The molecule has 0 aromatic rings. The van der Waals surface area contributed by atoms with Gasteiger partial charge in [0.15, 0.2) is 12.5 Å². The summed E-state index contributed by atoms with van der Waals surface area (Å²) in [5.41, 5.74) is 5.40. The van der Waals surface area contributed by atoms with Crippen molar-refractivity contribution < 1.29 is 4.74 Å². The maximum absolute atomic E-state index is 5.40. The number of nitrogens with two attached hydrogens (primary N) is 1. The summed E-state index contributed by atoms with van der Waals surface area (Å²) in [6.45, 7) is 0. The lowest BCUT2D eigenvalue weighted by Crippen LogP contribution is -2.09. The van der Waals surface area contributed by atoms with E-state index in [1.165, 1.54) is 0 Å². The summed E-state index contributed by atoms with van der Waals surface area (Å²) in [4.78, 5) is 3.97. The number of hydrogen-bond acceptors (Lipinski definition) is 4. The maximum Gasteiger partial charge on any atom is 0.197 e. The summed E-state index contributed by atoms with van der Waals surface area (Å²) in [5.74, 6) is 0.521. The van der Waals surface area contributed by atoms with E-state index in [0.717, 1.165) is 0 Å². The molecule has 0 saturated carbocycles. The highest BCUT2D eigenvalue weighted by atomic mass is 16.6.